The van der Waals surface area contributed by atoms with Crippen molar-refractivity contribution in [2.45, 2.75) is 19.6 Å². The van der Waals surface area contributed by atoms with Crippen molar-refractivity contribution in [1.82, 2.24) is 0 Å². The van der Waals surface area contributed by atoms with Crippen LogP contribution in [0.3, 0.4) is 0 Å². The fourth-order valence-electron chi connectivity index (χ4n) is 1.58. The average molecular weight is 353 g/mol. The number of hydrogen-bond acceptors (Lipinski definition) is 9. The van der Waals surface area contributed by atoms with Gasteiger partial charge in [0.1, 0.15) is 11.8 Å². The van der Waals surface area contributed by atoms with Crippen molar-refractivity contribution in [2.75, 3.05) is 5.75 Å². The summed E-state index contributed by atoms with van der Waals surface area (Å²) in [6.45, 7) is 1.27. The van der Waals surface area contributed by atoms with Gasteiger partial charge >= 0.3 is 17.1 Å². The highest BCUT2D eigenvalue weighted by Gasteiger charge is 2.19. The number of ether oxygens (including phenoxy) is 2. The topological polar surface area (TPSA) is 122 Å². The van der Waals surface area contributed by atoms with E-state index >= 15 is 0 Å². The predicted octanol–water partition coefficient (Wildman–Crippen LogP) is 1.84. The molecule has 0 aliphatic heterocycles. The Balaban J connectivity index is 1.73. The van der Waals surface area contributed by atoms with Gasteiger partial charge in [-0.05, 0) is 30.8 Å². The van der Waals surface area contributed by atoms with Crippen LogP contribution in [0.4, 0.5) is 4.79 Å². The lowest BCUT2D eigenvalue weighted by molar-refractivity contribution is -0.135. The molecule has 0 bridgehead atoms. The number of aryl methyl sites for hydroxylation is 1. The summed E-state index contributed by atoms with van der Waals surface area (Å²) in [5.41, 5.74) is 5.67. The molecule has 9 heteroatoms. The number of hydrogen-bond donors (Lipinski definition) is 1. The highest BCUT2D eigenvalue weighted by molar-refractivity contribution is 8.13. The van der Waals surface area contributed by atoms with Gasteiger partial charge in [0.05, 0.1) is 0 Å². The van der Waals surface area contributed by atoms with Crippen LogP contribution in [0, 0.1) is 6.92 Å². The Morgan fingerprint density at radius 3 is 2.58 bits per heavy atom. The van der Waals surface area contributed by atoms with Crippen molar-refractivity contribution in [3.8, 4) is 5.75 Å². The second kappa shape index (κ2) is 8.37. The van der Waals surface area contributed by atoms with Crippen LogP contribution in [-0.2, 0) is 16.1 Å². The number of carbonyl (C=O) groups excluding carboxylic acids is 2. The quantitative estimate of drug-likeness (QED) is 0.612. The number of benzene rings is 1. The van der Waals surface area contributed by atoms with E-state index in [-0.39, 0.29) is 23.9 Å². The van der Waals surface area contributed by atoms with E-state index in [0.717, 1.165) is 11.8 Å². The van der Waals surface area contributed by atoms with Gasteiger partial charge in [0.2, 0.25) is 0 Å². The molecule has 1 atom stereocenters. The average Bonchev–Trinajstić information content (AvgIpc) is 2.89. The molecule has 2 aromatic rings. The van der Waals surface area contributed by atoms with Crippen molar-refractivity contribution in [1.29, 1.82) is 0 Å². The highest BCUT2D eigenvalue weighted by Crippen LogP contribution is 2.13. The monoisotopic (exact) mass is 353 g/mol. The SMILES string of the molecule is Cc1oc(=O)oc1COC(=O)SC[C@H](N)C(=O)Oc1ccccc1. The Labute approximate surface area is 140 Å². The second-order valence-electron chi connectivity index (χ2n) is 4.62. The molecule has 2 N–H and O–H groups in total. The summed E-state index contributed by atoms with van der Waals surface area (Å²) in [6, 6.07) is 7.47. The minimum absolute atomic E-state index is 0.0151. The van der Waals surface area contributed by atoms with Crippen LogP contribution in [0.25, 0.3) is 0 Å². The summed E-state index contributed by atoms with van der Waals surface area (Å²) in [4.78, 5) is 34.2. The smallest absolute Gasteiger partial charge is 0.449 e. The summed E-state index contributed by atoms with van der Waals surface area (Å²) < 4.78 is 19.3. The second-order valence-corrected chi connectivity index (χ2v) is 5.58. The molecule has 0 amide bonds. The van der Waals surface area contributed by atoms with Gasteiger partial charge in [-0.3, -0.25) is 0 Å². The maximum absolute atomic E-state index is 11.8. The molecule has 0 saturated heterocycles. The zero-order valence-corrected chi connectivity index (χ0v) is 13.5. The lowest BCUT2D eigenvalue weighted by Crippen LogP contribution is -2.36. The lowest BCUT2D eigenvalue weighted by atomic mass is 10.3. The summed E-state index contributed by atoms with van der Waals surface area (Å²) in [5, 5.41) is -0.666. The van der Waals surface area contributed by atoms with Crippen LogP contribution in [-0.4, -0.2) is 23.1 Å². The van der Waals surface area contributed by atoms with Gasteiger partial charge in [0.15, 0.2) is 18.1 Å². The minimum Gasteiger partial charge on any atom is -0.449 e. The van der Waals surface area contributed by atoms with Gasteiger partial charge in [-0.25, -0.2) is 14.4 Å². The van der Waals surface area contributed by atoms with Gasteiger partial charge in [0, 0.05) is 5.75 Å². The Morgan fingerprint density at radius 2 is 1.96 bits per heavy atom. The lowest BCUT2D eigenvalue weighted by Gasteiger charge is -2.10. The van der Waals surface area contributed by atoms with Gasteiger partial charge < -0.3 is 24.0 Å². The van der Waals surface area contributed by atoms with Crippen LogP contribution >= 0.6 is 11.8 Å². The normalized spacial score (nSPS) is 11.8. The number of carbonyl (C=O) groups is 2. The summed E-state index contributed by atoms with van der Waals surface area (Å²) in [5.74, 6) is -0.799. The van der Waals surface area contributed by atoms with E-state index in [2.05, 4.69) is 8.83 Å². The molecule has 2 rings (SSSR count). The maximum atomic E-state index is 11.8. The van der Waals surface area contributed by atoms with Crippen molar-refractivity contribution in [3.63, 3.8) is 0 Å². The first-order valence-electron chi connectivity index (χ1n) is 6.87. The molecule has 0 aliphatic carbocycles. The molecule has 1 heterocycles. The van der Waals surface area contributed by atoms with E-state index in [0.29, 0.717) is 5.75 Å². The van der Waals surface area contributed by atoms with Gasteiger partial charge in [0.25, 0.3) is 0 Å². The first-order valence-corrected chi connectivity index (χ1v) is 7.85. The number of para-hydroxylation sites is 1. The van der Waals surface area contributed by atoms with Crippen LogP contribution in [0.1, 0.15) is 11.5 Å². The Hall–Kier alpha value is -2.52. The molecule has 24 heavy (non-hydrogen) atoms. The molecule has 0 radical (unpaired) electrons. The Kier molecular flexibility index (Phi) is 6.21. The number of rotatable bonds is 6. The molecule has 0 spiro atoms. The number of esters is 1. The first kappa shape index (κ1) is 17.8. The molecule has 1 aromatic carbocycles. The maximum Gasteiger partial charge on any atom is 0.519 e. The molecule has 8 nitrogen and oxygen atoms in total. The van der Waals surface area contributed by atoms with Crippen LogP contribution < -0.4 is 16.3 Å². The highest BCUT2D eigenvalue weighted by atomic mass is 32.2. The fraction of sp³-hybridized carbons (Fsp3) is 0.267. The van der Waals surface area contributed by atoms with Crippen molar-refractivity contribution in [3.05, 3.63) is 52.5 Å². The van der Waals surface area contributed by atoms with Crippen LogP contribution in [0.15, 0.2) is 44.0 Å². The van der Waals surface area contributed by atoms with Gasteiger partial charge in [-0.2, -0.15) is 0 Å². The van der Waals surface area contributed by atoms with E-state index in [4.69, 9.17) is 15.2 Å². The van der Waals surface area contributed by atoms with Gasteiger partial charge in [-0.15, -0.1) is 0 Å². The molecule has 0 aliphatic rings. The largest absolute Gasteiger partial charge is 0.519 e. The van der Waals surface area contributed by atoms with E-state index in [1.54, 1.807) is 30.3 Å². The van der Waals surface area contributed by atoms with Gasteiger partial charge in [-0.1, -0.05) is 18.2 Å². The first-order chi connectivity index (χ1) is 11.5. The summed E-state index contributed by atoms with van der Waals surface area (Å²) in [6.07, 6.45) is 0. The third-order valence-corrected chi connectivity index (χ3v) is 3.68. The Morgan fingerprint density at radius 1 is 1.25 bits per heavy atom. The minimum atomic E-state index is -0.989. The van der Waals surface area contributed by atoms with E-state index in [1.807, 2.05) is 0 Å². The van der Waals surface area contributed by atoms with Crippen LogP contribution in [0.2, 0.25) is 0 Å². The standard InChI is InChI=1S/C15H15NO7S/c1-9-12(23-14(18)21-9)7-20-15(19)24-8-11(16)13(17)22-10-5-3-2-4-6-10/h2-6,11H,7-8,16H2,1H3/t11-/m0/s1. The molecule has 1 aromatic heterocycles. The molecule has 0 saturated carbocycles. The molecular weight excluding hydrogens is 338 g/mol. The Bertz CT molecular complexity index is 753. The van der Waals surface area contributed by atoms with E-state index in [9.17, 15) is 14.4 Å². The molecular formula is C15H15NO7S. The molecule has 0 unspecified atom stereocenters. The zero-order chi connectivity index (χ0) is 17.5. The van der Waals surface area contributed by atoms with Crippen LogP contribution in [0.5, 0.6) is 5.75 Å². The molecule has 128 valence electrons. The van der Waals surface area contributed by atoms with E-state index < -0.39 is 23.1 Å². The molecule has 0 fully saturated rings. The van der Waals surface area contributed by atoms with Crippen molar-refractivity contribution < 1.29 is 27.9 Å². The fourth-order valence-corrected chi connectivity index (χ4v) is 2.17. The third-order valence-electron chi connectivity index (χ3n) is 2.80. The van der Waals surface area contributed by atoms with Crippen molar-refractivity contribution in [2.24, 2.45) is 5.73 Å². The van der Waals surface area contributed by atoms with E-state index in [1.165, 1.54) is 6.92 Å². The van der Waals surface area contributed by atoms with Crippen molar-refractivity contribution >= 4 is 23.0 Å². The number of thioether (sulfide) groups is 1. The predicted molar refractivity (Wildman–Crippen MR) is 84.7 cm³/mol. The third kappa shape index (κ3) is 5.28. The zero-order valence-electron chi connectivity index (χ0n) is 12.7. The summed E-state index contributed by atoms with van der Waals surface area (Å²) in [7, 11) is 0. The summed E-state index contributed by atoms with van der Waals surface area (Å²) >= 11 is 0.718. The number of nitrogens with two attached hydrogens (primary N) is 1.